The fraction of sp³-hybridized carbons (Fsp3) is 0.500. The highest BCUT2D eigenvalue weighted by Gasteiger charge is 2.47. The maximum Gasteiger partial charge on any atom is 0.303 e. The van der Waals surface area contributed by atoms with E-state index >= 15 is 0 Å². The molecule has 0 amide bonds. The minimum absolute atomic E-state index is 0.200. The van der Waals surface area contributed by atoms with Gasteiger partial charge in [-0.1, -0.05) is 0 Å². The van der Waals surface area contributed by atoms with Crippen molar-refractivity contribution >= 4 is 23.0 Å². The molecule has 2 aromatic heterocycles. The lowest BCUT2D eigenvalue weighted by Gasteiger charge is -2.19. The zero-order valence-electron chi connectivity index (χ0n) is 11.7. The first-order valence-electron chi connectivity index (χ1n) is 6.57. The van der Waals surface area contributed by atoms with Gasteiger partial charge in [0.15, 0.2) is 23.8 Å². The van der Waals surface area contributed by atoms with Crippen molar-refractivity contribution < 1.29 is 24.5 Å². The lowest BCUT2D eigenvalue weighted by molar-refractivity contribution is -0.153. The average molecular weight is 309 g/mol. The lowest BCUT2D eigenvalue weighted by atomic mass is 10.1. The van der Waals surface area contributed by atoms with Crippen LogP contribution in [0.4, 0.5) is 5.82 Å². The van der Waals surface area contributed by atoms with Gasteiger partial charge in [0.05, 0.1) is 12.9 Å². The SMILES string of the molecule is CC(=O)OC1[C@@H](O)C(n2cnc3c(N)ncnc32)O[C@@H]1CO. The molecule has 0 bridgehead atoms. The number of aliphatic hydroxyl groups excluding tert-OH is 2. The number of carbonyl (C=O) groups excluding carboxylic acids is 1. The van der Waals surface area contributed by atoms with Crippen LogP contribution in [-0.2, 0) is 14.3 Å². The van der Waals surface area contributed by atoms with E-state index in [0.29, 0.717) is 11.2 Å². The molecule has 1 aliphatic rings. The van der Waals surface area contributed by atoms with E-state index in [1.54, 1.807) is 0 Å². The van der Waals surface area contributed by atoms with Crippen molar-refractivity contribution in [3.05, 3.63) is 12.7 Å². The fourth-order valence-electron chi connectivity index (χ4n) is 2.49. The summed E-state index contributed by atoms with van der Waals surface area (Å²) in [7, 11) is 0. The number of rotatable bonds is 3. The molecule has 0 aliphatic carbocycles. The average Bonchev–Trinajstić information content (AvgIpc) is 3.02. The molecular weight excluding hydrogens is 294 g/mol. The van der Waals surface area contributed by atoms with E-state index in [1.165, 1.54) is 24.1 Å². The zero-order valence-corrected chi connectivity index (χ0v) is 11.7. The molecule has 4 atom stereocenters. The normalized spacial score (nSPS) is 28.1. The van der Waals surface area contributed by atoms with Gasteiger partial charge in [-0.05, 0) is 0 Å². The van der Waals surface area contributed by atoms with E-state index < -0.39 is 37.1 Å². The van der Waals surface area contributed by atoms with Gasteiger partial charge in [-0.3, -0.25) is 9.36 Å². The number of nitrogen functional groups attached to an aromatic ring is 1. The second kappa shape index (κ2) is 5.48. The van der Waals surface area contributed by atoms with Crippen molar-refractivity contribution in [2.45, 2.75) is 31.5 Å². The highest BCUT2D eigenvalue weighted by Crippen LogP contribution is 2.33. The molecule has 2 unspecified atom stereocenters. The number of imidazole rings is 1. The van der Waals surface area contributed by atoms with E-state index in [2.05, 4.69) is 15.0 Å². The summed E-state index contributed by atoms with van der Waals surface area (Å²) in [6.45, 7) is 0.810. The van der Waals surface area contributed by atoms with E-state index in [9.17, 15) is 15.0 Å². The molecule has 0 aromatic carbocycles. The zero-order chi connectivity index (χ0) is 15.9. The molecule has 22 heavy (non-hydrogen) atoms. The van der Waals surface area contributed by atoms with Crippen LogP contribution in [0.15, 0.2) is 12.7 Å². The van der Waals surface area contributed by atoms with Gasteiger partial charge in [-0.2, -0.15) is 0 Å². The molecule has 10 heteroatoms. The van der Waals surface area contributed by atoms with Gasteiger partial charge in [-0.15, -0.1) is 0 Å². The highest BCUT2D eigenvalue weighted by atomic mass is 16.6. The molecule has 118 valence electrons. The molecular formula is C12H15N5O5. The second-order valence-electron chi connectivity index (χ2n) is 4.90. The topological polar surface area (TPSA) is 146 Å². The number of aromatic nitrogens is 4. The van der Waals surface area contributed by atoms with Crippen LogP contribution >= 0.6 is 0 Å². The maximum atomic E-state index is 11.1. The Labute approximate surface area is 124 Å². The first-order chi connectivity index (χ1) is 10.5. The Bertz CT molecular complexity index is 704. The van der Waals surface area contributed by atoms with Gasteiger partial charge in [0, 0.05) is 6.92 Å². The summed E-state index contributed by atoms with van der Waals surface area (Å²) in [6.07, 6.45) is -1.27. The molecule has 3 rings (SSSR count). The van der Waals surface area contributed by atoms with Gasteiger partial charge in [0.2, 0.25) is 0 Å². The number of esters is 1. The van der Waals surface area contributed by atoms with Crippen molar-refractivity contribution in [2.75, 3.05) is 12.3 Å². The number of fused-ring (bicyclic) bond motifs is 1. The third-order valence-corrected chi connectivity index (χ3v) is 3.45. The van der Waals surface area contributed by atoms with Gasteiger partial charge >= 0.3 is 5.97 Å². The Morgan fingerprint density at radius 2 is 2.27 bits per heavy atom. The monoisotopic (exact) mass is 309 g/mol. The molecule has 0 spiro atoms. The number of nitrogens with two attached hydrogens (primary N) is 1. The van der Waals surface area contributed by atoms with Crippen LogP contribution in [0.1, 0.15) is 13.2 Å². The molecule has 0 radical (unpaired) electrons. The minimum Gasteiger partial charge on any atom is -0.457 e. The standard InChI is InChI=1S/C12H15N5O5/c1-5(19)21-9-6(2-18)22-12(8(9)20)17-4-16-7-10(13)14-3-15-11(7)17/h3-4,6,8-9,12,18,20H,2H2,1H3,(H2,13,14,15)/t6-,8-,9?,12?/m1/s1. The summed E-state index contributed by atoms with van der Waals surface area (Å²) >= 11 is 0. The van der Waals surface area contributed by atoms with E-state index in [1.807, 2.05) is 0 Å². The van der Waals surface area contributed by atoms with Gasteiger partial charge < -0.3 is 25.4 Å². The van der Waals surface area contributed by atoms with E-state index in [-0.39, 0.29) is 5.82 Å². The van der Waals surface area contributed by atoms with Crippen LogP contribution in [-0.4, -0.2) is 60.6 Å². The van der Waals surface area contributed by atoms with Gasteiger partial charge in [-0.25, -0.2) is 15.0 Å². The quantitative estimate of drug-likeness (QED) is 0.582. The predicted octanol–water partition coefficient (Wildman–Crippen LogP) is -1.41. The summed E-state index contributed by atoms with van der Waals surface area (Å²) < 4.78 is 12.1. The third kappa shape index (κ3) is 2.26. The number of hydrogen-bond donors (Lipinski definition) is 3. The number of ether oxygens (including phenoxy) is 2. The first kappa shape index (κ1) is 14.6. The lowest BCUT2D eigenvalue weighted by Crippen LogP contribution is -2.37. The predicted molar refractivity (Wildman–Crippen MR) is 72.3 cm³/mol. The Morgan fingerprint density at radius 3 is 2.95 bits per heavy atom. The molecule has 3 heterocycles. The minimum atomic E-state index is -1.19. The van der Waals surface area contributed by atoms with Crippen molar-refractivity contribution in [3.63, 3.8) is 0 Å². The summed E-state index contributed by atoms with van der Waals surface area (Å²) in [5.41, 5.74) is 6.45. The highest BCUT2D eigenvalue weighted by molar-refractivity contribution is 5.81. The molecule has 10 nitrogen and oxygen atoms in total. The Hall–Kier alpha value is -2.30. The molecule has 1 saturated heterocycles. The number of aliphatic hydroxyl groups is 2. The largest absolute Gasteiger partial charge is 0.457 e. The second-order valence-corrected chi connectivity index (χ2v) is 4.90. The smallest absolute Gasteiger partial charge is 0.303 e. The third-order valence-electron chi connectivity index (χ3n) is 3.45. The Balaban J connectivity index is 1.97. The van der Waals surface area contributed by atoms with Crippen LogP contribution in [0.25, 0.3) is 11.2 Å². The Kier molecular flexibility index (Phi) is 3.64. The van der Waals surface area contributed by atoms with E-state index in [4.69, 9.17) is 15.2 Å². The van der Waals surface area contributed by atoms with Crippen molar-refractivity contribution in [3.8, 4) is 0 Å². The van der Waals surface area contributed by atoms with Crippen LogP contribution in [0.5, 0.6) is 0 Å². The van der Waals surface area contributed by atoms with Gasteiger partial charge in [0.1, 0.15) is 24.1 Å². The van der Waals surface area contributed by atoms with Crippen molar-refractivity contribution in [1.82, 2.24) is 19.5 Å². The van der Waals surface area contributed by atoms with Crippen LogP contribution < -0.4 is 5.73 Å². The molecule has 0 saturated carbocycles. The van der Waals surface area contributed by atoms with Crippen LogP contribution in [0.3, 0.4) is 0 Å². The maximum absolute atomic E-state index is 11.1. The van der Waals surface area contributed by atoms with E-state index in [0.717, 1.165) is 0 Å². The number of nitrogens with zero attached hydrogens (tertiary/aromatic N) is 4. The van der Waals surface area contributed by atoms with Crippen molar-refractivity contribution in [1.29, 1.82) is 0 Å². The molecule has 1 fully saturated rings. The summed E-state index contributed by atoms with van der Waals surface area (Å²) in [6, 6.07) is 0. The summed E-state index contributed by atoms with van der Waals surface area (Å²) in [5, 5.41) is 19.7. The van der Waals surface area contributed by atoms with Gasteiger partial charge in [0.25, 0.3) is 0 Å². The Morgan fingerprint density at radius 1 is 1.50 bits per heavy atom. The molecule has 1 aliphatic heterocycles. The van der Waals surface area contributed by atoms with Crippen molar-refractivity contribution in [2.24, 2.45) is 0 Å². The van der Waals surface area contributed by atoms with Crippen LogP contribution in [0.2, 0.25) is 0 Å². The number of hydrogen-bond acceptors (Lipinski definition) is 9. The number of carbonyl (C=O) groups is 1. The number of anilines is 1. The summed E-state index contributed by atoms with van der Waals surface area (Å²) in [4.78, 5) is 23.1. The fourth-order valence-corrected chi connectivity index (χ4v) is 2.49. The molecule has 2 aromatic rings. The summed E-state index contributed by atoms with van der Waals surface area (Å²) in [5.74, 6) is -0.375. The first-order valence-corrected chi connectivity index (χ1v) is 6.57. The molecule has 4 N–H and O–H groups in total. The van der Waals surface area contributed by atoms with Crippen LogP contribution in [0, 0.1) is 0 Å².